The van der Waals surface area contributed by atoms with Gasteiger partial charge in [-0.05, 0) is 29.8 Å². The van der Waals surface area contributed by atoms with E-state index in [2.05, 4.69) is 25.1 Å². The minimum Gasteiger partial charge on any atom is -0.383 e. The molecule has 0 saturated carbocycles. The molecule has 2 aromatic carbocycles. The molecule has 0 aliphatic carbocycles. The number of methoxy groups -OCH3 is 1. The Morgan fingerprint density at radius 1 is 0.941 bits per heavy atom. The number of ether oxygens (including phenoxy) is 1. The van der Waals surface area contributed by atoms with Crippen LogP contribution in [0.25, 0.3) is 22.0 Å². The van der Waals surface area contributed by atoms with E-state index in [1.807, 2.05) is 36.5 Å². The third kappa shape index (κ3) is 4.98. The predicted octanol–water partition coefficient (Wildman–Crippen LogP) is 4.34. The summed E-state index contributed by atoms with van der Waals surface area (Å²) in [5.41, 5.74) is 3.47. The average molecular weight is 459 g/mol. The van der Waals surface area contributed by atoms with Gasteiger partial charge in [-0.3, -0.25) is 4.90 Å². The molecule has 0 bridgehead atoms. The van der Waals surface area contributed by atoms with Gasteiger partial charge in [0.05, 0.1) is 24.0 Å². The van der Waals surface area contributed by atoms with Crippen molar-refractivity contribution in [3.05, 3.63) is 72.8 Å². The number of fused-ring (bicyclic) bond motifs is 1. The molecule has 174 valence electrons. The number of anilines is 3. The summed E-state index contributed by atoms with van der Waals surface area (Å²) < 4.78 is 18.6. The highest BCUT2D eigenvalue weighted by atomic mass is 19.1. The van der Waals surface area contributed by atoms with E-state index in [9.17, 15) is 4.39 Å². The number of para-hydroxylation sites is 1. The molecule has 5 rings (SSSR count). The Kier molecular flexibility index (Phi) is 6.60. The summed E-state index contributed by atoms with van der Waals surface area (Å²) in [4.78, 5) is 18.6. The van der Waals surface area contributed by atoms with Crippen LogP contribution in [-0.2, 0) is 4.74 Å². The molecule has 8 heteroatoms. The first-order valence-corrected chi connectivity index (χ1v) is 11.4. The van der Waals surface area contributed by atoms with Crippen LogP contribution in [0.1, 0.15) is 0 Å². The molecule has 1 aliphatic rings. The monoisotopic (exact) mass is 458 g/mol. The molecule has 0 atom stereocenters. The van der Waals surface area contributed by atoms with Crippen LogP contribution in [0.15, 0.2) is 67.0 Å². The lowest BCUT2D eigenvalue weighted by molar-refractivity contribution is 0.144. The summed E-state index contributed by atoms with van der Waals surface area (Å²) in [5.74, 6) is 1.20. The first-order valence-electron chi connectivity index (χ1n) is 11.4. The number of hydrogen-bond donors (Lipinski definition) is 1. The first kappa shape index (κ1) is 22.2. The lowest BCUT2D eigenvalue weighted by Crippen LogP contribution is -2.47. The van der Waals surface area contributed by atoms with Crippen molar-refractivity contribution >= 4 is 28.4 Å². The molecule has 0 radical (unpaired) electrons. The van der Waals surface area contributed by atoms with Crippen LogP contribution in [0.2, 0.25) is 0 Å². The molecule has 1 aliphatic heterocycles. The highest BCUT2D eigenvalue weighted by molar-refractivity contribution is 5.93. The smallest absolute Gasteiger partial charge is 0.227 e. The quantitative estimate of drug-likeness (QED) is 0.442. The molecule has 0 amide bonds. The number of aromatic nitrogens is 3. The summed E-state index contributed by atoms with van der Waals surface area (Å²) >= 11 is 0. The Bertz CT molecular complexity index is 1240. The van der Waals surface area contributed by atoms with Crippen LogP contribution in [0.4, 0.5) is 21.8 Å². The van der Waals surface area contributed by atoms with Gasteiger partial charge in [-0.1, -0.05) is 30.3 Å². The maximum atomic E-state index is 13.4. The maximum absolute atomic E-state index is 13.4. The van der Waals surface area contributed by atoms with E-state index in [0.29, 0.717) is 5.95 Å². The normalized spacial score (nSPS) is 14.5. The SMILES string of the molecule is COCCN1CCN(c2ccc(Nc3ncc4cccc(-c5ccc(F)cc5)c4n3)cn2)CC1. The van der Waals surface area contributed by atoms with E-state index in [-0.39, 0.29) is 5.82 Å². The lowest BCUT2D eigenvalue weighted by atomic mass is 10.0. The van der Waals surface area contributed by atoms with E-state index in [0.717, 1.165) is 72.9 Å². The molecule has 2 aromatic heterocycles. The number of halogens is 1. The second-order valence-corrected chi connectivity index (χ2v) is 8.30. The largest absolute Gasteiger partial charge is 0.383 e. The summed E-state index contributed by atoms with van der Waals surface area (Å²) in [6, 6.07) is 16.4. The average Bonchev–Trinajstić information content (AvgIpc) is 2.88. The van der Waals surface area contributed by atoms with Gasteiger partial charge >= 0.3 is 0 Å². The van der Waals surface area contributed by atoms with Crippen LogP contribution < -0.4 is 10.2 Å². The number of rotatable bonds is 7. The van der Waals surface area contributed by atoms with E-state index < -0.39 is 0 Å². The van der Waals surface area contributed by atoms with Crippen molar-refractivity contribution in [1.29, 1.82) is 0 Å². The summed E-state index contributed by atoms with van der Waals surface area (Å²) in [6.45, 7) is 5.64. The number of pyridine rings is 1. The molecule has 34 heavy (non-hydrogen) atoms. The van der Waals surface area contributed by atoms with Crippen molar-refractivity contribution in [2.24, 2.45) is 0 Å². The molecule has 0 spiro atoms. The van der Waals surface area contributed by atoms with Crippen LogP contribution >= 0.6 is 0 Å². The fraction of sp³-hybridized carbons (Fsp3) is 0.269. The predicted molar refractivity (Wildman–Crippen MR) is 133 cm³/mol. The number of hydrogen-bond acceptors (Lipinski definition) is 7. The Morgan fingerprint density at radius 3 is 2.50 bits per heavy atom. The Labute approximate surface area is 198 Å². The zero-order valence-corrected chi connectivity index (χ0v) is 19.1. The van der Waals surface area contributed by atoms with Gasteiger partial charge in [0.25, 0.3) is 0 Å². The van der Waals surface area contributed by atoms with Gasteiger partial charge in [-0.25, -0.2) is 19.3 Å². The summed E-state index contributed by atoms with van der Waals surface area (Å²) in [6.07, 6.45) is 3.61. The fourth-order valence-corrected chi connectivity index (χ4v) is 4.18. The molecule has 1 fully saturated rings. The highest BCUT2D eigenvalue weighted by Crippen LogP contribution is 2.28. The third-order valence-electron chi connectivity index (χ3n) is 6.08. The van der Waals surface area contributed by atoms with Gasteiger partial charge in [0.2, 0.25) is 5.95 Å². The fourth-order valence-electron chi connectivity index (χ4n) is 4.18. The van der Waals surface area contributed by atoms with Crippen LogP contribution in [0.5, 0.6) is 0 Å². The second kappa shape index (κ2) is 10.1. The van der Waals surface area contributed by atoms with E-state index in [4.69, 9.17) is 9.72 Å². The van der Waals surface area contributed by atoms with E-state index >= 15 is 0 Å². The summed E-state index contributed by atoms with van der Waals surface area (Å²) in [7, 11) is 1.74. The molecule has 1 N–H and O–H groups in total. The van der Waals surface area contributed by atoms with Gasteiger partial charge in [0, 0.05) is 57.0 Å². The van der Waals surface area contributed by atoms with Crippen LogP contribution in [0, 0.1) is 5.82 Å². The van der Waals surface area contributed by atoms with Crippen LogP contribution in [-0.4, -0.2) is 66.3 Å². The number of piperazine rings is 1. The number of nitrogens with zero attached hydrogens (tertiary/aromatic N) is 5. The zero-order chi connectivity index (χ0) is 23.3. The van der Waals surface area contributed by atoms with Crippen LogP contribution in [0.3, 0.4) is 0 Å². The highest BCUT2D eigenvalue weighted by Gasteiger charge is 2.17. The molecular weight excluding hydrogens is 431 g/mol. The summed E-state index contributed by atoms with van der Waals surface area (Å²) in [5, 5.41) is 4.18. The van der Waals surface area contributed by atoms with Crippen molar-refractivity contribution < 1.29 is 9.13 Å². The van der Waals surface area contributed by atoms with E-state index in [1.54, 1.807) is 25.4 Å². The van der Waals surface area contributed by atoms with Crippen molar-refractivity contribution in [3.8, 4) is 11.1 Å². The Morgan fingerprint density at radius 2 is 1.76 bits per heavy atom. The minimum absolute atomic E-state index is 0.259. The topological polar surface area (TPSA) is 66.4 Å². The van der Waals surface area contributed by atoms with Crippen molar-refractivity contribution in [2.75, 3.05) is 56.7 Å². The zero-order valence-electron chi connectivity index (χ0n) is 19.1. The van der Waals surface area contributed by atoms with Gasteiger partial charge in [-0.2, -0.15) is 0 Å². The Hall–Kier alpha value is -3.62. The molecule has 7 nitrogen and oxygen atoms in total. The van der Waals surface area contributed by atoms with E-state index in [1.165, 1.54) is 12.1 Å². The van der Waals surface area contributed by atoms with Crippen molar-refractivity contribution in [2.45, 2.75) is 0 Å². The Balaban J connectivity index is 1.30. The molecular formula is C26H27FN6O. The first-order chi connectivity index (χ1) is 16.7. The standard InChI is InChI=1S/C26H27FN6O/c1-34-16-15-32-11-13-33(14-12-32)24-10-9-22(18-28-24)30-26-29-17-20-3-2-4-23(25(20)31-26)19-5-7-21(27)8-6-19/h2-10,17-18H,11-16H2,1H3,(H,29,30,31). The molecule has 4 aromatic rings. The number of benzene rings is 2. The third-order valence-corrected chi connectivity index (χ3v) is 6.08. The van der Waals surface area contributed by atoms with Gasteiger partial charge in [0.1, 0.15) is 11.6 Å². The molecule has 1 saturated heterocycles. The molecule has 3 heterocycles. The lowest BCUT2D eigenvalue weighted by Gasteiger charge is -2.35. The minimum atomic E-state index is -0.259. The van der Waals surface area contributed by atoms with Crippen molar-refractivity contribution in [3.63, 3.8) is 0 Å². The molecule has 0 unspecified atom stereocenters. The van der Waals surface area contributed by atoms with Gasteiger partial charge in [0.15, 0.2) is 0 Å². The van der Waals surface area contributed by atoms with Gasteiger partial charge in [-0.15, -0.1) is 0 Å². The second-order valence-electron chi connectivity index (χ2n) is 8.30. The van der Waals surface area contributed by atoms with Crippen molar-refractivity contribution in [1.82, 2.24) is 19.9 Å². The number of nitrogens with one attached hydrogen (secondary N) is 1. The maximum Gasteiger partial charge on any atom is 0.227 e. The van der Waals surface area contributed by atoms with Gasteiger partial charge < -0.3 is 15.0 Å².